The Bertz CT molecular complexity index is 1150. The van der Waals surface area contributed by atoms with E-state index in [9.17, 15) is 9.18 Å². The maximum Gasteiger partial charge on any atom is 0.338 e. The molecule has 0 bridgehead atoms. The molecule has 2 aromatic rings. The van der Waals surface area contributed by atoms with Crippen LogP contribution in [0.25, 0.3) is 0 Å². The Morgan fingerprint density at radius 3 is 2.68 bits per heavy atom. The molecule has 34 heavy (non-hydrogen) atoms. The number of methoxy groups -OCH3 is 1. The van der Waals surface area contributed by atoms with E-state index in [4.69, 9.17) is 27.8 Å². The van der Waals surface area contributed by atoms with Crippen molar-refractivity contribution in [3.8, 4) is 12.3 Å². The second-order valence-electron chi connectivity index (χ2n) is 8.03. The topological polar surface area (TPSA) is 70.1 Å². The number of carbonyl (C=O) groups excluding carboxylic acids is 1. The highest BCUT2D eigenvalue weighted by molar-refractivity contribution is 6.31. The lowest BCUT2D eigenvalue weighted by molar-refractivity contribution is -0.136. The van der Waals surface area contributed by atoms with Gasteiger partial charge in [0.2, 0.25) is 0 Å². The average Bonchev–Trinajstić information content (AvgIpc) is 2.85. The Labute approximate surface area is 203 Å². The number of hydrogen-bond donors (Lipinski definition) is 1. The van der Waals surface area contributed by atoms with Gasteiger partial charge >= 0.3 is 5.97 Å². The van der Waals surface area contributed by atoms with Gasteiger partial charge in [0.25, 0.3) is 0 Å². The smallest absolute Gasteiger partial charge is 0.338 e. The summed E-state index contributed by atoms with van der Waals surface area (Å²) in [5, 5.41) is 3.49. The molecule has 0 aliphatic carbocycles. The molecule has 1 aromatic carbocycles. The first-order valence-corrected chi connectivity index (χ1v) is 11.3. The van der Waals surface area contributed by atoms with Crippen LogP contribution in [0, 0.1) is 18.2 Å². The lowest BCUT2D eigenvalue weighted by Gasteiger charge is -2.36. The van der Waals surface area contributed by atoms with E-state index in [0.29, 0.717) is 41.5 Å². The van der Waals surface area contributed by atoms with E-state index in [1.54, 1.807) is 12.3 Å². The van der Waals surface area contributed by atoms with Crippen molar-refractivity contribution < 1.29 is 13.9 Å². The van der Waals surface area contributed by atoms with Crippen molar-refractivity contribution in [2.24, 2.45) is 4.99 Å². The summed E-state index contributed by atoms with van der Waals surface area (Å²) in [6, 6.07) is 8.79. The highest BCUT2D eigenvalue weighted by Crippen LogP contribution is 2.36. The predicted molar refractivity (Wildman–Crippen MR) is 129 cm³/mol. The third-order valence-corrected chi connectivity index (χ3v) is 6.18. The number of amidine groups is 1. The van der Waals surface area contributed by atoms with E-state index in [1.807, 2.05) is 18.2 Å². The highest BCUT2D eigenvalue weighted by Gasteiger charge is 2.34. The average molecular weight is 482 g/mol. The van der Waals surface area contributed by atoms with E-state index < -0.39 is 17.8 Å². The molecule has 0 saturated carbocycles. The zero-order valence-electron chi connectivity index (χ0n) is 18.8. The minimum absolute atomic E-state index is 0.180. The van der Waals surface area contributed by atoms with Crippen molar-refractivity contribution in [2.75, 3.05) is 46.4 Å². The van der Waals surface area contributed by atoms with Crippen molar-refractivity contribution in [1.29, 1.82) is 0 Å². The number of nitrogens with zero attached hydrogens (tertiary/aromatic N) is 4. The van der Waals surface area contributed by atoms with Crippen LogP contribution in [0.4, 0.5) is 4.39 Å². The van der Waals surface area contributed by atoms with Gasteiger partial charge in [0.05, 0.1) is 19.2 Å². The fraction of sp³-hybridized carbons (Fsp3) is 0.320. The van der Waals surface area contributed by atoms with E-state index >= 15 is 0 Å². The molecule has 1 N–H and O–H groups in total. The number of hydrogen-bond acceptors (Lipinski definition) is 7. The number of aromatic nitrogens is 1. The minimum atomic E-state index is -0.781. The van der Waals surface area contributed by atoms with Gasteiger partial charge < -0.3 is 10.1 Å². The van der Waals surface area contributed by atoms with Crippen molar-refractivity contribution in [2.45, 2.75) is 6.04 Å². The number of benzene rings is 1. The third kappa shape index (κ3) is 5.28. The summed E-state index contributed by atoms with van der Waals surface area (Å²) in [6.07, 6.45) is 7.12. The van der Waals surface area contributed by atoms with Gasteiger partial charge in [0.1, 0.15) is 17.6 Å². The second-order valence-corrected chi connectivity index (χ2v) is 8.43. The molecule has 2 aliphatic heterocycles. The zero-order valence-corrected chi connectivity index (χ0v) is 19.6. The number of piperazine rings is 1. The first-order valence-electron chi connectivity index (χ1n) is 10.9. The summed E-state index contributed by atoms with van der Waals surface area (Å²) in [7, 11) is 1.33. The highest BCUT2D eigenvalue weighted by atomic mass is 35.5. The first-order chi connectivity index (χ1) is 16.5. The number of esters is 1. The van der Waals surface area contributed by atoms with Crippen LogP contribution < -0.4 is 5.32 Å². The molecule has 1 atom stereocenters. The molecular formula is C25H25ClFN5O2. The molecular weight excluding hydrogens is 457 g/mol. The maximum atomic E-state index is 13.8. The molecule has 4 rings (SSSR count). The van der Waals surface area contributed by atoms with E-state index in [1.165, 1.54) is 19.2 Å². The summed E-state index contributed by atoms with van der Waals surface area (Å²) >= 11 is 6.40. The van der Waals surface area contributed by atoms with Gasteiger partial charge in [-0.25, -0.2) is 9.18 Å². The number of ether oxygens (including phenoxy) is 1. The summed E-state index contributed by atoms with van der Waals surface area (Å²) in [5.41, 5.74) is 2.11. The Kier molecular flexibility index (Phi) is 7.58. The summed E-state index contributed by atoms with van der Waals surface area (Å²) in [4.78, 5) is 26.6. The van der Waals surface area contributed by atoms with Gasteiger partial charge in [-0.2, -0.15) is 0 Å². The maximum absolute atomic E-state index is 13.8. The molecule has 1 fully saturated rings. The largest absolute Gasteiger partial charge is 0.466 e. The molecule has 176 valence electrons. The van der Waals surface area contributed by atoms with E-state index in [-0.39, 0.29) is 5.02 Å². The molecule has 0 amide bonds. The fourth-order valence-electron chi connectivity index (χ4n) is 4.11. The lowest BCUT2D eigenvalue weighted by Crippen LogP contribution is -2.49. The molecule has 1 aromatic heterocycles. The SMILES string of the molecule is C#CCN1CCN(CC2=C(C(=O)OC)C(c3ccc(F)cc3Cl)N=C(c3ccccn3)N2)CC1. The minimum Gasteiger partial charge on any atom is -0.466 e. The molecule has 0 spiro atoms. The molecule has 9 heteroatoms. The van der Waals surface area contributed by atoms with Gasteiger partial charge in [-0.05, 0) is 24.3 Å². The van der Waals surface area contributed by atoms with Crippen LogP contribution in [-0.4, -0.2) is 73.0 Å². The Hall–Kier alpha value is -3.25. The van der Waals surface area contributed by atoms with Crippen LogP contribution >= 0.6 is 11.6 Å². The quantitative estimate of drug-likeness (QED) is 0.505. The second kappa shape index (κ2) is 10.8. The van der Waals surface area contributed by atoms with Crippen molar-refractivity contribution in [3.63, 3.8) is 0 Å². The summed E-state index contributed by atoms with van der Waals surface area (Å²) < 4.78 is 18.9. The Balaban J connectivity index is 1.74. The van der Waals surface area contributed by atoms with E-state index in [2.05, 4.69) is 26.0 Å². The molecule has 1 saturated heterocycles. The standard InChI is InChI=1S/C25H25ClFN5O2/c1-3-10-31-11-13-32(14-12-31)16-21-22(25(33)34-2)23(18-8-7-17(27)15-19(18)26)30-24(29-21)20-6-4-5-9-28-20/h1,4-9,15,23H,10-14,16H2,2H3,(H,29,30). The van der Waals surface area contributed by atoms with Crippen LogP contribution in [0.3, 0.4) is 0 Å². The molecule has 3 heterocycles. The van der Waals surface area contributed by atoms with Gasteiger partial charge in [0, 0.05) is 55.2 Å². The Morgan fingerprint density at radius 2 is 2.03 bits per heavy atom. The number of halogens is 2. The summed E-state index contributed by atoms with van der Waals surface area (Å²) in [6.45, 7) is 4.33. The monoisotopic (exact) mass is 481 g/mol. The van der Waals surface area contributed by atoms with Crippen molar-refractivity contribution >= 4 is 23.4 Å². The fourth-order valence-corrected chi connectivity index (χ4v) is 4.38. The molecule has 0 radical (unpaired) electrons. The number of carbonyl (C=O) groups is 1. The number of nitrogens with one attached hydrogen (secondary N) is 1. The van der Waals surface area contributed by atoms with Crippen LogP contribution in [0.2, 0.25) is 5.02 Å². The number of aliphatic imine (C=N–C) groups is 1. The van der Waals surface area contributed by atoms with E-state index in [0.717, 1.165) is 26.2 Å². The van der Waals surface area contributed by atoms with Crippen molar-refractivity contribution in [1.82, 2.24) is 20.1 Å². The van der Waals surface area contributed by atoms with Gasteiger partial charge in [-0.1, -0.05) is 29.7 Å². The molecule has 2 aliphatic rings. The third-order valence-electron chi connectivity index (χ3n) is 5.86. The van der Waals surface area contributed by atoms with Crippen LogP contribution in [0.15, 0.2) is 58.9 Å². The van der Waals surface area contributed by atoms with Crippen molar-refractivity contribution in [3.05, 3.63) is 76.0 Å². The number of pyridine rings is 1. The van der Waals surface area contributed by atoms with Crippen LogP contribution in [0.5, 0.6) is 0 Å². The lowest BCUT2D eigenvalue weighted by atomic mass is 9.94. The van der Waals surface area contributed by atoms with Gasteiger partial charge in [-0.15, -0.1) is 6.42 Å². The van der Waals surface area contributed by atoms with Gasteiger partial charge in [-0.3, -0.25) is 19.8 Å². The normalized spacial score (nSPS) is 19.2. The molecule has 7 nitrogen and oxygen atoms in total. The van der Waals surface area contributed by atoms with Crippen LogP contribution in [0.1, 0.15) is 17.3 Å². The van der Waals surface area contributed by atoms with Crippen LogP contribution in [-0.2, 0) is 9.53 Å². The number of rotatable bonds is 6. The first kappa shape index (κ1) is 23.9. The number of terminal acetylenes is 1. The zero-order chi connectivity index (χ0) is 24.1. The Morgan fingerprint density at radius 1 is 1.26 bits per heavy atom. The molecule has 1 unspecified atom stereocenters. The predicted octanol–water partition coefficient (Wildman–Crippen LogP) is 2.64. The summed E-state index contributed by atoms with van der Waals surface area (Å²) in [5.74, 6) is 2.19. The van der Waals surface area contributed by atoms with Gasteiger partial charge in [0.15, 0.2) is 5.84 Å².